The second-order valence-electron chi connectivity index (χ2n) is 8.06. The predicted octanol–water partition coefficient (Wildman–Crippen LogP) is 4.80. The third-order valence-corrected chi connectivity index (χ3v) is 7.43. The van der Waals surface area contributed by atoms with Crippen molar-refractivity contribution in [2.45, 2.75) is 19.9 Å². The van der Waals surface area contributed by atoms with E-state index in [2.05, 4.69) is 27.6 Å². The fourth-order valence-electron chi connectivity index (χ4n) is 4.08. The van der Waals surface area contributed by atoms with Gasteiger partial charge in [0.05, 0.1) is 28.5 Å². The fraction of sp³-hybridized carbons (Fsp3) is 0.148. The highest BCUT2D eigenvalue weighted by molar-refractivity contribution is 14.1. The molecule has 0 spiro atoms. The highest BCUT2D eigenvalue weighted by atomic mass is 127. The summed E-state index contributed by atoms with van der Waals surface area (Å²) in [4.78, 5) is 31.5. The maximum Gasteiger partial charge on any atom is 0.338 e. The normalized spacial score (nSPS) is 15.6. The van der Waals surface area contributed by atoms with Crippen molar-refractivity contribution >= 4 is 46.0 Å². The summed E-state index contributed by atoms with van der Waals surface area (Å²) < 4.78 is 27.9. The van der Waals surface area contributed by atoms with Crippen molar-refractivity contribution in [1.29, 1.82) is 0 Å². The SMILES string of the molecule is CCOC(=O)C1=C(C)N=c2s/c(=C\c3ccc(-c4ccc(I)cc4)o3)c(=O)n2[C@H]1c1ccc(F)cc1. The number of furan rings is 1. The number of halogens is 2. The molecule has 1 aliphatic rings. The average Bonchev–Trinajstić information content (AvgIpc) is 3.44. The van der Waals surface area contributed by atoms with Crippen LogP contribution in [0.4, 0.5) is 4.39 Å². The molecule has 0 bridgehead atoms. The maximum atomic E-state index is 13.7. The van der Waals surface area contributed by atoms with E-state index in [1.165, 1.54) is 28.0 Å². The molecule has 0 radical (unpaired) electrons. The molecule has 4 aromatic rings. The van der Waals surface area contributed by atoms with Gasteiger partial charge >= 0.3 is 5.97 Å². The Morgan fingerprint density at radius 2 is 1.89 bits per heavy atom. The molecule has 0 aliphatic carbocycles. The van der Waals surface area contributed by atoms with Gasteiger partial charge in [0, 0.05) is 15.2 Å². The molecule has 0 unspecified atom stereocenters. The molecule has 1 aliphatic heterocycles. The van der Waals surface area contributed by atoms with Crippen LogP contribution in [0.25, 0.3) is 17.4 Å². The minimum Gasteiger partial charge on any atom is -0.463 e. The van der Waals surface area contributed by atoms with Crippen LogP contribution in [0.1, 0.15) is 31.2 Å². The zero-order valence-corrected chi connectivity index (χ0v) is 22.3. The van der Waals surface area contributed by atoms with Crippen LogP contribution < -0.4 is 14.9 Å². The Balaban J connectivity index is 1.63. The van der Waals surface area contributed by atoms with E-state index in [1.54, 1.807) is 38.1 Å². The summed E-state index contributed by atoms with van der Waals surface area (Å²) in [5, 5.41) is 0. The molecule has 0 N–H and O–H groups in total. The largest absolute Gasteiger partial charge is 0.463 e. The first-order valence-corrected chi connectivity index (χ1v) is 13.1. The number of esters is 1. The Bertz CT molecular complexity index is 1660. The van der Waals surface area contributed by atoms with Gasteiger partial charge in [-0.3, -0.25) is 9.36 Å². The number of benzene rings is 2. The Hall–Kier alpha value is -3.31. The van der Waals surface area contributed by atoms with Crippen molar-refractivity contribution in [1.82, 2.24) is 4.57 Å². The minimum atomic E-state index is -0.790. The van der Waals surface area contributed by atoms with Crippen LogP contribution in [0.3, 0.4) is 0 Å². The van der Waals surface area contributed by atoms with Gasteiger partial charge in [-0.2, -0.15) is 0 Å². The number of thiazole rings is 1. The molecule has 182 valence electrons. The first-order valence-electron chi connectivity index (χ1n) is 11.2. The van der Waals surface area contributed by atoms with Crippen molar-refractivity contribution in [3.05, 3.63) is 112 Å². The molecule has 0 saturated heterocycles. The highest BCUT2D eigenvalue weighted by Gasteiger charge is 2.33. The van der Waals surface area contributed by atoms with E-state index in [1.807, 2.05) is 30.3 Å². The van der Waals surface area contributed by atoms with Crippen LogP contribution in [0, 0.1) is 9.39 Å². The molecular weight excluding hydrogens is 594 g/mol. The monoisotopic (exact) mass is 614 g/mol. The fourth-order valence-corrected chi connectivity index (χ4v) is 5.47. The van der Waals surface area contributed by atoms with E-state index < -0.39 is 17.8 Å². The summed E-state index contributed by atoms with van der Waals surface area (Å²) in [5.74, 6) is 0.241. The smallest absolute Gasteiger partial charge is 0.338 e. The van der Waals surface area contributed by atoms with Crippen molar-refractivity contribution in [3.63, 3.8) is 0 Å². The molecule has 36 heavy (non-hydrogen) atoms. The molecule has 0 fully saturated rings. The Labute approximate surface area is 223 Å². The lowest BCUT2D eigenvalue weighted by Gasteiger charge is -2.24. The van der Waals surface area contributed by atoms with Crippen LogP contribution in [0.2, 0.25) is 0 Å². The van der Waals surface area contributed by atoms with E-state index in [0.29, 0.717) is 32.1 Å². The number of aromatic nitrogens is 1. The van der Waals surface area contributed by atoms with Gasteiger partial charge in [-0.25, -0.2) is 14.2 Å². The van der Waals surface area contributed by atoms with E-state index >= 15 is 0 Å². The number of carbonyl (C=O) groups excluding carboxylic acids is 1. The molecule has 9 heteroatoms. The van der Waals surface area contributed by atoms with Gasteiger partial charge in [-0.15, -0.1) is 0 Å². The van der Waals surface area contributed by atoms with Gasteiger partial charge in [0.25, 0.3) is 5.56 Å². The van der Waals surface area contributed by atoms with Crippen LogP contribution in [-0.2, 0) is 9.53 Å². The summed E-state index contributed by atoms with van der Waals surface area (Å²) >= 11 is 3.45. The lowest BCUT2D eigenvalue weighted by atomic mass is 9.96. The van der Waals surface area contributed by atoms with Gasteiger partial charge in [0.1, 0.15) is 17.3 Å². The third kappa shape index (κ3) is 4.60. The van der Waals surface area contributed by atoms with Crippen molar-refractivity contribution in [2.75, 3.05) is 6.61 Å². The molecule has 5 rings (SSSR count). The number of hydrogen-bond donors (Lipinski definition) is 0. The standard InChI is InChI=1S/C27H20FIN2O4S/c1-3-34-26(33)23-15(2)30-27-31(24(23)17-4-8-18(28)9-5-17)25(32)22(36-27)14-20-12-13-21(35-20)16-6-10-19(29)11-7-16/h4-14,24H,3H2,1-2H3/b22-14-/t24-/m0/s1. The first-order chi connectivity index (χ1) is 17.4. The first kappa shape index (κ1) is 24.4. The predicted molar refractivity (Wildman–Crippen MR) is 144 cm³/mol. The van der Waals surface area contributed by atoms with Crippen LogP contribution >= 0.6 is 33.9 Å². The average molecular weight is 614 g/mol. The van der Waals surface area contributed by atoms with E-state index in [-0.39, 0.29) is 17.7 Å². The van der Waals surface area contributed by atoms with Crippen LogP contribution in [-0.4, -0.2) is 17.1 Å². The molecule has 2 aromatic heterocycles. The van der Waals surface area contributed by atoms with E-state index in [4.69, 9.17) is 9.15 Å². The van der Waals surface area contributed by atoms with Gasteiger partial charge < -0.3 is 9.15 Å². The lowest BCUT2D eigenvalue weighted by molar-refractivity contribution is -0.139. The number of hydrogen-bond acceptors (Lipinski definition) is 6. The van der Waals surface area contributed by atoms with E-state index in [9.17, 15) is 14.0 Å². The minimum absolute atomic E-state index is 0.178. The number of nitrogens with zero attached hydrogens (tertiary/aromatic N) is 2. The number of allylic oxidation sites excluding steroid dienone is 1. The maximum absolute atomic E-state index is 13.7. The van der Waals surface area contributed by atoms with Crippen LogP contribution in [0.5, 0.6) is 0 Å². The zero-order valence-electron chi connectivity index (χ0n) is 19.3. The second kappa shape index (κ2) is 9.98. The molecule has 3 heterocycles. The molecule has 1 atom stereocenters. The summed E-state index contributed by atoms with van der Waals surface area (Å²) in [6.45, 7) is 3.60. The van der Waals surface area contributed by atoms with Gasteiger partial charge in [0.2, 0.25) is 0 Å². The Kier molecular flexibility index (Phi) is 6.76. The van der Waals surface area contributed by atoms with E-state index in [0.717, 1.165) is 9.13 Å². The summed E-state index contributed by atoms with van der Waals surface area (Å²) in [6.07, 6.45) is 1.67. The lowest BCUT2D eigenvalue weighted by Crippen LogP contribution is -2.39. The quantitative estimate of drug-likeness (QED) is 0.239. The van der Waals surface area contributed by atoms with Gasteiger partial charge in [-0.1, -0.05) is 35.6 Å². The van der Waals surface area contributed by atoms with Gasteiger partial charge in [-0.05, 0) is 78.4 Å². The summed E-state index contributed by atoms with van der Waals surface area (Å²) in [5.41, 5.74) is 1.90. The second-order valence-corrected chi connectivity index (χ2v) is 10.3. The number of rotatable bonds is 5. The number of fused-ring (bicyclic) bond motifs is 1. The van der Waals surface area contributed by atoms with Gasteiger partial charge in [0.15, 0.2) is 4.80 Å². The molecule has 0 amide bonds. The Morgan fingerprint density at radius 1 is 1.17 bits per heavy atom. The third-order valence-electron chi connectivity index (χ3n) is 5.73. The molecule has 0 saturated carbocycles. The van der Waals surface area contributed by atoms with Crippen molar-refractivity contribution < 1.29 is 18.3 Å². The summed E-state index contributed by atoms with van der Waals surface area (Å²) in [6, 6.07) is 16.5. The molecule has 2 aromatic carbocycles. The topological polar surface area (TPSA) is 73.8 Å². The molecular formula is C27H20FIN2O4S. The zero-order chi connectivity index (χ0) is 25.4. The number of carbonyl (C=O) groups is 1. The highest BCUT2D eigenvalue weighted by Crippen LogP contribution is 2.31. The van der Waals surface area contributed by atoms with Crippen LogP contribution in [0.15, 0.2) is 86.1 Å². The summed E-state index contributed by atoms with van der Waals surface area (Å²) in [7, 11) is 0. The molecule has 6 nitrogen and oxygen atoms in total. The van der Waals surface area contributed by atoms with Crippen molar-refractivity contribution in [3.8, 4) is 11.3 Å². The Morgan fingerprint density at radius 3 is 2.58 bits per heavy atom. The van der Waals surface area contributed by atoms with Crippen molar-refractivity contribution in [2.24, 2.45) is 4.99 Å². The number of ether oxygens (including phenoxy) is 1.